The zero-order valence-corrected chi connectivity index (χ0v) is 20.7. The van der Waals surface area contributed by atoms with E-state index in [1.54, 1.807) is 11.3 Å². The fourth-order valence-electron chi connectivity index (χ4n) is 4.92. The Labute approximate surface area is 199 Å². The lowest BCUT2D eigenvalue weighted by Gasteiger charge is -2.24. The molecule has 1 aliphatic rings. The smallest absolute Gasteiger partial charge is 0.233 e. The van der Waals surface area contributed by atoms with Crippen molar-refractivity contribution in [3.8, 4) is 0 Å². The molecule has 1 aromatic heterocycles. The topological polar surface area (TPSA) is 124 Å². The molecule has 7 nitrogen and oxygen atoms in total. The maximum Gasteiger partial charge on any atom is 0.233 e. The van der Waals surface area contributed by atoms with E-state index in [0.29, 0.717) is 25.7 Å². The second kappa shape index (κ2) is 11.8. The number of aliphatic hydroxyl groups is 3. The van der Waals surface area contributed by atoms with Gasteiger partial charge in [-0.25, -0.2) is 8.42 Å². The lowest BCUT2D eigenvalue weighted by atomic mass is 9.84. The Balaban J connectivity index is 1.42. The molecule has 0 bridgehead atoms. The first-order valence-corrected chi connectivity index (χ1v) is 14.4. The number of thiophene rings is 1. The number of benzene rings is 1. The summed E-state index contributed by atoms with van der Waals surface area (Å²) in [5.74, 6) is -0.517. The maximum atomic E-state index is 11.5. The molecule has 1 saturated carbocycles. The van der Waals surface area contributed by atoms with Gasteiger partial charge in [0.05, 0.1) is 24.6 Å². The molecule has 1 heterocycles. The van der Waals surface area contributed by atoms with Crippen molar-refractivity contribution >= 4 is 37.4 Å². The van der Waals surface area contributed by atoms with E-state index in [9.17, 15) is 28.5 Å². The van der Waals surface area contributed by atoms with E-state index in [0.717, 1.165) is 46.9 Å². The van der Waals surface area contributed by atoms with Crippen LogP contribution in [0.15, 0.2) is 30.3 Å². The van der Waals surface area contributed by atoms with E-state index in [2.05, 4.69) is 0 Å². The van der Waals surface area contributed by atoms with Crippen molar-refractivity contribution in [3.05, 3.63) is 35.2 Å². The highest BCUT2D eigenvalue weighted by molar-refractivity contribution is 7.89. The second-order valence-corrected chi connectivity index (χ2v) is 12.1. The molecule has 184 valence electrons. The van der Waals surface area contributed by atoms with Crippen molar-refractivity contribution < 1.29 is 28.5 Å². The highest BCUT2D eigenvalue weighted by Gasteiger charge is 2.40. The summed E-state index contributed by atoms with van der Waals surface area (Å²) < 4.78 is 25.2. The molecule has 0 saturated heterocycles. The summed E-state index contributed by atoms with van der Waals surface area (Å²) in [6.45, 7) is 0. The average Bonchev–Trinajstić information content (AvgIpc) is 3.28. The Bertz CT molecular complexity index is 988. The number of amides is 1. The van der Waals surface area contributed by atoms with Crippen molar-refractivity contribution in [3.63, 3.8) is 0 Å². The van der Waals surface area contributed by atoms with Gasteiger partial charge in [0.15, 0.2) is 0 Å². The number of fused-ring (bicyclic) bond motifs is 1. The van der Waals surface area contributed by atoms with Crippen LogP contribution in [0.3, 0.4) is 0 Å². The third kappa shape index (κ3) is 7.75. The summed E-state index contributed by atoms with van der Waals surface area (Å²) in [7, 11) is -3.50. The van der Waals surface area contributed by atoms with E-state index < -0.39 is 34.2 Å². The van der Waals surface area contributed by atoms with Crippen LogP contribution in [0.1, 0.15) is 68.8 Å². The summed E-state index contributed by atoms with van der Waals surface area (Å²) >= 11 is 1.59. The van der Waals surface area contributed by atoms with Crippen molar-refractivity contribution in [2.45, 2.75) is 76.1 Å². The standard InChI is InChI=1S/C24H35NO6S2/c1-33(30,31)25-24(29)11-5-3-2-4-9-17-18(21(28)15-20(17)27)12-13-19(26)23-14-16-8-6-7-10-22(16)32-23/h6-8,10,14,17-21,26-28H,2-5,9,11-13,15H2,1H3,(H,25,29)/t17-,18?,19?,20+,21-/m1/s1. The number of carbonyl (C=O) groups excluding carboxylic acids is 1. The summed E-state index contributed by atoms with van der Waals surface area (Å²) in [6.07, 6.45) is 5.01. The molecule has 4 N–H and O–H groups in total. The number of hydrogen-bond acceptors (Lipinski definition) is 7. The van der Waals surface area contributed by atoms with Crippen LogP contribution >= 0.6 is 11.3 Å². The Morgan fingerprint density at radius 1 is 1.09 bits per heavy atom. The van der Waals surface area contributed by atoms with Gasteiger partial charge in [-0.15, -0.1) is 11.3 Å². The molecular formula is C24H35NO6S2. The van der Waals surface area contributed by atoms with E-state index in [1.807, 2.05) is 35.1 Å². The van der Waals surface area contributed by atoms with Gasteiger partial charge in [-0.2, -0.15) is 0 Å². The van der Waals surface area contributed by atoms with Crippen molar-refractivity contribution in [2.24, 2.45) is 11.8 Å². The van der Waals surface area contributed by atoms with Crippen LogP contribution in [0.5, 0.6) is 0 Å². The molecule has 33 heavy (non-hydrogen) atoms. The molecule has 2 unspecified atom stereocenters. The van der Waals surface area contributed by atoms with Gasteiger partial charge in [0.1, 0.15) is 0 Å². The Kier molecular flexibility index (Phi) is 9.29. The first kappa shape index (κ1) is 26.1. The highest BCUT2D eigenvalue weighted by Crippen LogP contribution is 2.41. The first-order valence-electron chi connectivity index (χ1n) is 11.7. The van der Waals surface area contributed by atoms with Crippen molar-refractivity contribution in [2.75, 3.05) is 6.26 Å². The molecule has 1 fully saturated rings. The minimum atomic E-state index is -3.50. The molecule has 0 aliphatic heterocycles. The minimum Gasteiger partial charge on any atom is -0.393 e. The van der Waals surface area contributed by atoms with Gasteiger partial charge < -0.3 is 15.3 Å². The third-order valence-electron chi connectivity index (χ3n) is 6.56. The second-order valence-electron chi connectivity index (χ2n) is 9.23. The summed E-state index contributed by atoms with van der Waals surface area (Å²) in [4.78, 5) is 12.5. The van der Waals surface area contributed by atoms with E-state index in [1.165, 1.54) is 0 Å². The molecule has 1 aliphatic carbocycles. The van der Waals surface area contributed by atoms with Crippen molar-refractivity contribution in [1.29, 1.82) is 0 Å². The van der Waals surface area contributed by atoms with E-state index in [-0.39, 0.29) is 18.3 Å². The predicted molar refractivity (Wildman–Crippen MR) is 130 cm³/mol. The Morgan fingerprint density at radius 3 is 2.45 bits per heavy atom. The lowest BCUT2D eigenvalue weighted by Crippen LogP contribution is -2.28. The number of unbranched alkanes of at least 4 members (excludes halogenated alkanes) is 3. The number of nitrogens with one attached hydrogen (secondary N) is 1. The normalized spacial score (nSPS) is 24.2. The van der Waals surface area contributed by atoms with Crippen LogP contribution in [0.4, 0.5) is 0 Å². The summed E-state index contributed by atoms with van der Waals surface area (Å²) in [5, 5.41) is 32.8. The van der Waals surface area contributed by atoms with Gasteiger partial charge in [0, 0.05) is 16.0 Å². The first-order chi connectivity index (χ1) is 15.6. The number of rotatable bonds is 12. The van der Waals surface area contributed by atoms with Crippen LogP contribution in [0.25, 0.3) is 10.1 Å². The molecule has 9 heteroatoms. The molecule has 0 spiro atoms. The summed E-state index contributed by atoms with van der Waals surface area (Å²) in [5.41, 5.74) is 0. The lowest BCUT2D eigenvalue weighted by molar-refractivity contribution is -0.119. The molecule has 1 aromatic carbocycles. The molecule has 2 aromatic rings. The van der Waals surface area contributed by atoms with Gasteiger partial charge in [0.2, 0.25) is 15.9 Å². The molecule has 1 amide bonds. The quantitative estimate of drug-likeness (QED) is 0.333. The van der Waals surface area contributed by atoms with Crippen LogP contribution in [0.2, 0.25) is 0 Å². The monoisotopic (exact) mass is 497 g/mol. The zero-order valence-electron chi connectivity index (χ0n) is 19.0. The van der Waals surface area contributed by atoms with Gasteiger partial charge in [0.25, 0.3) is 0 Å². The zero-order chi connectivity index (χ0) is 24.0. The minimum absolute atomic E-state index is 0.00291. The number of aliphatic hydroxyl groups excluding tert-OH is 3. The fourth-order valence-corrected chi connectivity index (χ4v) is 6.52. The number of hydrogen-bond donors (Lipinski definition) is 4. The van der Waals surface area contributed by atoms with Crippen LogP contribution in [-0.2, 0) is 14.8 Å². The van der Waals surface area contributed by atoms with Gasteiger partial charge in [-0.3, -0.25) is 9.52 Å². The van der Waals surface area contributed by atoms with Gasteiger partial charge >= 0.3 is 0 Å². The largest absolute Gasteiger partial charge is 0.393 e. The van der Waals surface area contributed by atoms with E-state index in [4.69, 9.17) is 0 Å². The SMILES string of the molecule is CS(=O)(=O)NC(=O)CCCCCC[C@@H]1C(CCC(O)c2cc3ccccc3s2)[C@H](O)C[C@@H]1O. The average molecular weight is 498 g/mol. The van der Waals surface area contributed by atoms with Crippen LogP contribution < -0.4 is 4.72 Å². The van der Waals surface area contributed by atoms with Crippen molar-refractivity contribution in [1.82, 2.24) is 4.72 Å². The van der Waals surface area contributed by atoms with Crippen LogP contribution in [-0.4, -0.2) is 48.1 Å². The number of carbonyl (C=O) groups is 1. The summed E-state index contributed by atoms with van der Waals surface area (Å²) in [6, 6.07) is 10.1. The Hall–Kier alpha value is -1.52. The molecule has 3 rings (SSSR count). The van der Waals surface area contributed by atoms with Crippen LogP contribution in [0, 0.1) is 11.8 Å². The molecule has 0 radical (unpaired) electrons. The molecule has 5 atom stereocenters. The van der Waals surface area contributed by atoms with E-state index >= 15 is 0 Å². The predicted octanol–water partition coefficient (Wildman–Crippen LogP) is 3.49. The molecular weight excluding hydrogens is 462 g/mol. The number of sulfonamides is 1. The Morgan fingerprint density at radius 2 is 1.76 bits per heavy atom. The highest BCUT2D eigenvalue weighted by atomic mass is 32.2. The fraction of sp³-hybridized carbons (Fsp3) is 0.625. The van der Waals surface area contributed by atoms with Gasteiger partial charge in [-0.05, 0) is 61.5 Å². The maximum absolute atomic E-state index is 11.5. The third-order valence-corrected chi connectivity index (χ3v) is 8.37. The van der Waals surface area contributed by atoms with Gasteiger partial charge in [-0.1, -0.05) is 37.5 Å².